The zero-order valence-corrected chi connectivity index (χ0v) is 8.00. The molecule has 0 saturated carbocycles. The van der Waals surface area contributed by atoms with Crippen molar-refractivity contribution in [3.8, 4) is 11.8 Å². The van der Waals surface area contributed by atoms with E-state index >= 15 is 0 Å². The minimum Gasteiger partial charge on any atom is -0.497 e. The SMILES string of the molecule is COc1cc(C#N)c(N)c(C(C)=O)c1. The van der Waals surface area contributed by atoms with Gasteiger partial charge in [0.15, 0.2) is 5.78 Å². The van der Waals surface area contributed by atoms with E-state index in [1.807, 2.05) is 6.07 Å². The number of benzene rings is 1. The van der Waals surface area contributed by atoms with Crippen molar-refractivity contribution in [2.45, 2.75) is 6.92 Å². The topological polar surface area (TPSA) is 76.1 Å². The van der Waals surface area contributed by atoms with Gasteiger partial charge in [-0.25, -0.2) is 0 Å². The van der Waals surface area contributed by atoms with Crippen LogP contribution in [0, 0.1) is 11.3 Å². The Kier molecular flexibility index (Phi) is 2.73. The van der Waals surface area contributed by atoms with Crippen molar-refractivity contribution in [1.29, 1.82) is 5.26 Å². The van der Waals surface area contributed by atoms with Crippen molar-refractivity contribution in [2.75, 3.05) is 12.8 Å². The molecule has 4 nitrogen and oxygen atoms in total. The fourth-order valence-corrected chi connectivity index (χ4v) is 1.13. The van der Waals surface area contributed by atoms with Crippen molar-refractivity contribution >= 4 is 11.5 Å². The second kappa shape index (κ2) is 3.79. The van der Waals surface area contributed by atoms with Gasteiger partial charge in [0.1, 0.15) is 11.8 Å². The second-order valence-corrected chi connectivity index (χ2v) is 2.80. The molecule has 0 amide bonds. The van der Waals surface area contributed by atoms with Gasteiger partial charge < -0.3 is 10.5 Å². The van der Waals surface area contributed by atoms with Gasteiger partial charge in [-0.2, -0.15) is 5.26 Å². The summed E-state index contributed by atoms with van der Waals surface area (Å²) < 4.78 is 4.94. The average Bonchev–Trinajstić information content (AvgIpc) is 2.17. The first kappa shape index (κ1) is 10.1. The Labute approximate surface area is 81.9 Å². The summed E-state index contributed by atoms with van der Waals surface area (Å²) in [5.74, 6) is 0.277. The molecule has 0 aliphatic carbocycles. The molecular formula is C10H10N2O2. The number of carbonyl (C=O) groups excluding carboxylic acids is 1. The lowest BCUT2D eigenvalue weighted by Gasteiger charge is -2.06. The minimum atomic E-state index is -0.182. The zero-order chi connectivity index (χ0) is 10.7. The lowest BCUT2D eigenvalue weighted by atomic mass is 10.0. The third-order valence-electron chi connectivity index (χ3n) is 1.89. The minimum absolute atomic E-state index is 0.182. The number of hydrogen-bond acceptors (Lipinski definition) is 4. The summed E-state index contributed by atoms with van der Waals surface area (Å²) in [4.78, 5) is 11.2. The largest absolute Gasteiger partial charge is 0.497 e. The van der Waals surface area contributed by atoms with Gasteiger partial charge in [0.25, 0.3) is 0 Å². The molecule has 14 heavy (non-hydrogen) atoms. The second-order valence-electron chi connectivity index (χ2n) is 2.80. The van der Waals surface area contributed by atoms with Crippen LogP contribution in [0.3, 0.4) is 0 Å². The zero-order valence-electron chi connectivity index (χ0n) is 8.00. The highest BCUT2D eigenvalue weighted by molar-refractivity contribution is 6.00. The third kappa shape index (κ3) is 1.67. The molecule has 0 bridgehead atoms. The smallest absolute Gasteiger partial charge is 0.162 e. The number of nitrogens with zero attached hydrogens (tertiary/aromatic N) is 1. The fourth-order valence-electron chi connectivity index (χ4n) is 1.13. The van der Waals surface area contributed by atoms with Crippen LogP contribution in [0.5, 0.6) is 5.75 Å². The highest BCUT2D eigenvalue weighted by atomic mass is 16.5. The van der Waals surface area contributed by atoms with Crippen LogP contribution in [-0.4, -0.2) is 12.9 Å². The van der Waals surface area contributed by atoms with E-state index in [9.17, 15) is 4.79 Å². The lowest BCUT2D eigenvalue weighted by molar-refractivity contribution is 0.101. The molecule has 0 aliphatic heterocycles. The molecule has 1 aromatic carbocycles. The monoisotopic (exact) mass is 190 g/mol. The summed E-state index contributed by atoms with van der Waals surface area (Å²) in [5.41, 5.74) is 6.41. The Bertz CT molecular complexity index is 419. The number of nitrogen functional groups attached to an aromatic ring is 1. The molecule has 0 heterocycles. The van der Waals surface area contributed by atoms with E-state index in [1.54, 1.807) is 0 Å². The number of rotatable bonds is 2. The maximum atomic E-state index is 11.2. The Morgan fingerprint density at radius 1 is 1.57 bits per heavy atom. The highest BCUT2D eigenvalue weighted by Crippen LogP contribution is 2.24. The number of methoxy groups -OCH3 is 1. The van der Waals surface area contributed by atoms with Gasteiger partial charge in [-0.15, -0.1) is 0 Å². The van der Waals surface area contributed by atoms with Crippen LogP contribution in [-0.2, 0) is 0 Å². The van der Waals surface area contributed by atoms with Crippen molar-refractivity contribution in [2.24, 2.45) is 0 Å². The van der Waals surface area contributed by atoms with Crippen LogP contribution in [0.25, 0.3) is 0 Å². The molecule has 72 valence electrons. The first-order valence-electron chi connectivity index (χ1n) is 3.98. The molecule has 0 aliphatic rings. The summed E-state index contributed by atoms with van der Waals surface area (Å²) in [6.07, 6.45) is 0. The van der Waals surface area contributed by atoms with Gasteiger partial charge in [0.05, 0.1) is 18.4 Å². The van der Waals surface area contributed by atoms with Gasteiger partial charge in [-0.1, -0.05) is 0 Å². The molecule has 0 spiro atoms. The van der Waals surface area contributed by atoms with Crippen LogP contribution in [0.15, 0.2) is 12.1 Å². The summed E-state index contributed by atoms with van der Waals surface area (Å²) in [6, 6.07) is 4.94. The molecule has 1 rings (SSSR count). The van der Waals surface area contributed by atoms with Crippen molar-refractivity contribution in [3.05, 3.63) is 23.3 Å². The van der Waals surface area contributed by atoms with E-state index in [2.05, 4.69) is 0 Å². The van der Waals surface area contributed by atoms with E-state index in [1.165, 1.54) is 26.2 Å². The predicted molar refractivity (Wildman–Crippen MR) is 52.1 cm³/mol. The molecule has 0 saturated heterocycles. The number of hydrogen-bond donors (Lipinski definition) is 1. The molecule has 0 aromatic heterocycles. The summed E-state index contributed by atoms with van der Waals surface area (Å²) >= 11 is 0. The highest BCUT2D eigenvalue weighted by Gasteiger charge is 2.11. The van der Waals surface area contributed by atoms with Gasteiger partial charge in [0, 0.05) is 11.6 Å². The molecule has 1 aromatic rings. The van der Waals surface area contributed by atoms with E-state index in [-0.39, 0.29) is 17.0 Å². The van der Waals surface area contributed by atoms with E-state index in [0.29, 0.717) is 11.3 Å². The van der Waals surface area contributed by atoms with Crippen molar-refractivity contribution in [1.82, 2.24) is 0 Å². The Balaban J connectivity index is 3.44. The Morgan fingerprint density at radius 3 is 2.64 bits per heavy atom. The van der Waals surface area contributed by atoms with Crippen molar-refractivity contribution in [3.63, 3.8) is 0 Å². The van der Waals surface area contributed by atoms with Gasteiger partial charge in [0.2, 0.25) is 0 Å². The van der Waals surface area contributed by atoms with Crippen LogP contribution in [0.1, 0.15) is 22.8 Å². The Hall–Kier alpha value is -2.02. The average molecular weight is 190 g/mol. The maximum absolute atomic E-state index is 11.2. The van der Waals surface area contributed by atoms with E-state index in [0.717, 1.165) is 0 Å². The molecule has 0 radical (unpaired) electrons. The van der Waals surface area contributed by atoms with Crippen LogP contribution < -0.4 is 10.5 Å². The molecule has 0 unspecified atom stereocenters. The normalized spacial score (nSPS) is 9.21. The third-order valence-corrected chi connectivity index (χ3v) is 1.89. The van der Waals surface area contributed by atoms with E-state index < -0.39 is 0 Å². The molecule has 0 fully saturated rings. The number of nitriles is 1. The molecule has 0 atom stereocenters. The summed E-state index contributed by atoms with van der Waals surface area (Å²) in [6.45, 7) is 1.40. The number of ether oxygens (including phenoxy) is 1. The predicted octanol–water partition coefficient (Wildman–Crippen LogP) is 1.35. The van der Waals surface area contributed by atoms with Crippen LogP contribution >= 0.6 is 0 Å². The molecule has 2 N–H and O–H groups in total. The number of nitrogens with two attached hydrogens (primary N) is 1. The number of carbonyl (C=O) groups is 1. The maximum Gasteiger partial charge on any atom is 0.162 e. The number of ketones is 1. The standard InChI is InChI=1S/C10H10N2O2/c1-6(13)9-4-8(14-2)3-7(5-11)10(9)12/h3-4H,12H2,1-2H3. The summed E-state index contributed by atoms with van der Waals surface area (Å²) in [7, 11) is 1.47. The number of anilines is 1. The van der Waals surface area contributed by atoms with Crippen LogP contribution in [0.4, 0.5) is 5.69 Å². The summed E-state index contributed by atoms with van der Waals surface area (Å²) in [5, 5.41) is 8.75. The first-order valence-corrected chi connectivity index (χ1v) is 3.98. The first-order chi connectivity index (χ1) is 6.60. The van der Waals surface area contributed by atoms with Gasteiger partial charge >= 0.3 is 0 Å². The quantitative estimate of drug-likeness (QED) is 0.564. The van der Waals surface area contributed by atoms with Crippen molar-refractivity contribution < 1.29 is 9.53 Å². The molecular weight excluding hydrogens is 180 g/mol. The lowest BCUT2D eigenvalue weighted by Crippen LogP contribution is -2.03. The fraction of sp³-hybridized carbons (Fsp3) is 0.200. The Morgan fingerprint density at radius 2 is 2.21 bits per heavy atom. The van der Waals surface area contributed by atoms with Crippen LogP contribution in [0.2, 0.25) is 0 Å². The van der Waals surface area contributed by atoms with Gasteiger partial charge in [-0.05, 0) is 13.0 Å². The van der Waals surface area contributed by atoms with Gasteiger partial charge in [-0.3, -0.25) is 4.79 Å². The number of Topliss-reactive ketones (excluding diaryl/α,β-unsaturated/α-hetero) is 1. The molecule has 4 heteroatoms. The van der Waals surface area contributed by atoms with E-state index in [4.69, 9.17) is 15.7 Å².